The van der Waals surface area contributed by atoms with Crippen molar-refractivity contribution in [1.82, 2.24) is 34.3 Å². The van der Waals surface area contributed by atoms with Crippen LogP contribution in [-0.2, 0) is 13.1 Å². The van der Waals surface area contributed by atoms with Crippen molar-refractivity contribution in [3.63, 3.8) is 0 Å². The first-order valence-electron chi connectivity index (χ1n) is 7.50. The fourth-order valence-corrected chi connectivity index (χ4v) is 2.82. The van der Waals surface area contributed by atoms with Crippen molar-refractivity contribution in [2.75, 3.05) is 0 Å². The topological polar surface area (TPSA) is 69.2 Å². The highest BCUT2D eigenvalue weighted by molar-refractivity contribution is 7.71. The van der Waals surface area contributed by atoms with Crippen molar-refractivity contribution in [3.8, 4) is 5.69 Å². The van der Waals surface area contributed by atoms with Gasteiger partial charge < -0.3 is 0 Å². The maximum Gasteiger partial charge on any atom is 0.200 e. The van der Waals surface area contributed by atoms with E-state index in [9.17, 15) is 0 Å². The number of hydrogen-bond acceptors (Lipinski definition) is 4. The predicted molar refractivity (Wildman–Crippen MR) is 91.4 cm³/mol. The Bertz CT molecular complexity index is 979. The van der Waals surface area contributed by atoms with Crippen molar-refractivity contribution < 1.29 is 0 Å². The molecule has 3 heterocycles. The summed E-state index contributed by atoms with van der Waals surface area (Å²) in [4.78, 5) is 0. The highest BCUT2D eigenvalue weighted by Gasteiger charge is 2.11. The number of benzene rings is 1. The van der Waals surface area contributed by atoms with Gasteiger partial charge in [-0.3, -0.25) is 19.0 Å². The lowest BCUT2D eigenvalue weighted by Gasteiger charge is -2.04. The van der Waals surface area contributed by atoms with Gasteiger partial charge in [0.15, 0.2) is 10.6 Å². The highest BCUT2D eigenvalue weighted by atomic mass is 32.1. The van der Waals surface area contributed by atoms with E-state index < -0.39 is 0 Å². The molecule has 0 fully saturated rings. The summed E-state index contributed by atoms with van der Waals surface area (Å²) in [6, 6.07) is 12.1. The summed E-state index contributed by atoms with van der Waals surface area (Å²) >= 11 is 5.37. The Hall–Kier alpha value is -3.00. The molecule has 24 heavy (non-hydrogen) atoms. The second kappa shape index (κ2) is 6.25. The highest BCUT2D eigenvalue weighted by Crippen LogP contribution is 2.12. The van der Waals surface area contributed by atoms with Crippen molar-refractivity contribution >= 4 is 12.2 Å². The average Bonchev–Trinajstić information content (AvgIpc) is 3.32. The van der Waals surface area contributed by atoms with Gasteiger partial charge in [0.05, 0.1) is 18.4 Å². The molecule has 0 aliphatic rings. The number of nitrogens with one attached hydrogen (secondary N) is 1. The molecule has 1 aromatic carbocycles. The monoisotopic (exact) mass is 337 g/mol. The van der Waals surface area contributed by atoms with E-state index in [0.717, 1.165) is 11.5 Å². The first-order chi connectivity index (χ1) is 11.8. The predicted octanol–water partition coefficient (Wildman–Crippen LogP) is 2.42. The van der Waals surface area contributed by atoms with E-state index in [2.05, 4.69) is 32.5 Å². The van der Waals surface area contributed by atoms with Gasteiger partial charge in [-0.1, -0.05) is 30.3 Å². The molecule has 4 aromatic rings. The van der Waals surface area contributed by atoms with Gasteiger partial charge in [0, 0.05) is 18.6 Å². The second-order valence-electron chi connectivity index (χ2n) is 5.37. The van der Waals surface area contributed by atoms with Crippen LogP contribution < -0.4 is 0 Å². The molecule has 4 rings (SSSR count). The number of rotatable bonds is 5. The summed E-state index contributed by atoms with van der Waals surface area (Å²) < 4.78 is 6.11. The maximum absolute atomic E-state index is 5.37. The van der Waals surface area contributed by atoms with Crippen LogP contribution in [-0.4, -0.2) is 34.3 Å². The average molecular weight is 337 g/mol. The minimum absolute atomic E-state index is 0.532. The van der Waals surface area contributed by atoms with E-state index in [1.807, 2.05) is 45.9 Å². The lowest BCUT2D eigenvalue weighted by Crippen LogP contribution is -2.07. The molecule has 0 unspecified atom stereocenters. The Balaban J connectivity index is 1.63. The summed E-state index contributed by atoms with van der Waals surface area (Å²) in [5, 5.41) is 15.8. The number of aromatic amines is 1. The van der Waals surface area contributed by atoms with E-state index in [4.69, 9.17) is 12.2 Å². The smallest absolute Gasteiger partial charge is 0.200 e. The van der Waals surface area contributed by atoms with Crippen LogP contribution in [0.5, 0.6) is 0 Å². The zero-order valence-electron chi connectivity index (χ0n) is 12.8. The van der Waals surface area contributed by atoms with Gasteiger partial charge in [0.2, 0.25) is 0 Å². The zero-order valence-corrected chi connectivity index (χ0v) is 13.6. The first-order valence-corrected chi connectivity index (χ1v) is 7.91. The van der Waals surface area contributed by atoms with Crippen LogP contribution in [0.15, 0.2) is 61.2 Å². The summed E-state index contributed by atoms with van der Waals surface area (Å²) in [5.41, 5.74) is 2.08. The van der Waals surface area contributed by atoms with Crippen LogP contribution in [0, 0.1) is 4.77 Å². The van der Waals surface area contributed by atoms with Crippen LogP contribution in [0.3, 0.4) is 0 Å². The molecule has 3 aromatic heterocycles. The molecule has 0 atom stereocenters. The molecule has 0 spiro atoms. The lowest BCUT2D eigenvalue weighted by atomic mass is 10.2. The summed E-state index contributed by atoms with van der Waals surface area (Å²) in [7, 11) is 0. The summed E-state index contributed by atoms with van der Waals surface area (Å²) in [5.74, 6) is 0.781. The Morgan fingerprint density at radius 3 is 2.67 bits per heavy atom. The minimum atomic E-state index is 0.532. The van der Waals surface area contributed by atoms with Gasteiger partial charge >= 0.3 is 0 Å². The second-order valence-corrected chi connectivity index (χ2v) is 5.75. The molecule has 0 bridgehead atoms. The van der Waals surface area contributed by atoms with E-state index in [1.165, 1.54) is 5.56 Å². The van der Waals surface area contributed by atoms with E-state index >= 15 is 0 Å². The van der Waals surface area contributed by atoms with Gasteiger partial charge in [-0.2, -0.15) is 15.3 Å². The van der Waals surface area contributed by atoms with Crippen LogP contribution in [0.2, 0.25) is 0 Å². The van der Waals surface area contributed by atoms with Gasteiger partial charge in [-0.15, -0.1) is 0 Å². The van der Waals surface area contributed by atoms with Crippen molar-refractivity contribution in [3.05, 3.63) is 77.3 Å². The fraction of sp³-hybridized carbons (Fsp3) is 0.125. The molecule has 0 radical (unpaired) electrons. The molecule has 0 saturated carbocycles. The maximum atomic E-state index is 5.37. The molecule has 1 N–H and O–H groups in total. The van der Waals surface area contributed by atoms with Gasteiger partial charge in [-0.05, 0) is 23.8 Å². The van der Waals surface area contributed by atoms with Crippen molar-refractivity contribution in [2.45, 2.75) is 13.1 Å². The van der Waals surface area contributed by atoms with Gasteiger partial charge in [-0.25, -0.2) is 0 Å². The molecule has 7 nitrogen and oxygen atoms in total. The van der Waals surface area contributed by atoms with E-state index in [0.29, 0.717) is 17.9 Å². The molecular weight excluding hydrogens is 322 g/mol. The molecule has 0 amide bonds. The molecular formula is C16H15N7S. The third-order valence-corrected chi connectivity index (χ3v) is 3.94. The molecule has 8 heteroatoms. The minimum Gasteiger partial charge on any atom is -0.267 e. The van der Waals surface area contributed by atoms with Gasteiger partial charge in [0.25, 0.3) is 0 Å². The Kier molecular flexibility index (Phi) is 3.80. The van der Waals surface area contributed by atoms with Crippen LogP contribution in [0.25, 0.3) is 5.69 Å². The quantitative estimate of drug-likeness (QED) is 0.568. The summed E-state index contributed by atoms with van der Waals surface area (Å²) in [6.07, 6.45) is 7.39. The standard InChI is InChI=1S/C16H15N7S/c24-16-20-19-15(12-21-8-4-7-17-21)23(16)14-9-18-22(11-14)10-13-5-2-1-3-6-13/h1-9,11H,10,12H2,(H,20,24). The zero-order chi connectivity index (χ0) is 16.4. The third-order valence-electron chi connectivity index (χ3n) is 3.67. The van der Waals surface area contributed by atoms with E-state index in [-0.39, 0.29) is 0 Å². The number of hydrogen-bond donors (Lipinski definition) is 1. The van der Waals surface area contributed by atoms with E-state index in [1.54, 1.807) is 17.1 Å². The first kappa shape index (κ1) is 14.6. The van der Waals surface area contributed by atoms with Gasteiger partial charge in [0.1, 0.15) is 6.54 Å². The normalized spacial score (nSPS) is 11.0. The number of nitrogens with zero attached hydrogens (tertiary/aromatic N) is 6. The molecule has 0 aliphatic heterocycles. The lowest BCUT2D eigenvalue weighted by molar-refractivity contribution is 0.643. The van der Waals surface area contributed by atoms with Crippen LogP contribution in [0.1, 0.15) is 11.4 Å². The Morgan fingerprint density at radius 2 is 1.88 bits per heavy atom. The molecule has 0 aliphatic carbocycles. The Labute approximate surface area is 143 Å². The largest absolute Gasteiger partial charge is 0.267 e. The molecule has 120 valence electrons. The fourth-order valence-electron chi connectivity index (χ4n) is 2.57. The Morgan fingerprint density at radius 1 is 1.00 bits per heavy atom. The SMILES string of the molecule is S=c1[nH]nc(Cn2cccn2)n1-c1cnn(Cc2ccccc2)c1. The van der Waals surface area contributed by atoms with Crippen LogP contribution in [0.4, 0.5) is 0 Å². The van der Waals surface area contributed by atoms with Crippen molar-refractivity contribution in [1.29, 1.82) is 0 Å². The van der Waals surface area contributed by atoms with Crippen molar-refractivity contribution in [2.24, 2.45) is 0 Å². The summed E-state index contributed by atoms with van der Waals surface area (Å²) in [6.45, 7) is 1.24. The molecule has 0 saturated heterocycles. The number of H-pyrrole nitrogens is 1. The number of aromatic nitrogens is 7. The third kappa shape index (κ3) is 2.91. The van der Waals surface area contributed by atoms with Crippen LogP contribution >= 0.6 is 12.2 Å².